The Balaban J connectivity index is 3.01. The number of ether oxygens (including phenoxy) is 3. The first kappa shape index (κ1) is 12.8. The Hall–Kier alpha value is 0.750. The van der Waals surface area contributed by atoms with Gasteiger partial charge in [0.25, 0.3) is 0 Å². The molecule has 0 fully saturated rings. The van der Waals surface area contributed by atoms with Crippen LogP contribution in [-0.4, -0.2) is 37.5 Å². The molecule has 0 N–H and O–H groups in total. The molecule has 3 nitrogen and oxygen atoms in total. The minimum atomic E-state index is -1.37. The summed E-state index contributed by atoms with van der Waals surface area (Å²) in [5.41, 5.74) is 0. The average molecular weight is 238 g/mol. The fraction of sp³-hybridized carbons (Fsp3) is 1.00. The highest BCUT2D eigenvalue weighted by molar-refractivity contribution is 6.67. The lowest BCUT2D eigenvalue weighted by atomic mass is 10.8. The lowest BCUT2D eigenvalue weighted by molar-refractivity contribution is -0.0642. The molecular weight excluding hydrogens is 226 g/mol. The molecule has 0 atom stereocenters. The summed E-state index contributed by atoms with van der Waals surface area (Å²) >= 11 is 16.2. The van der Waals surface area contributed by atoms with E-state index in [1.165, 1.54) is 0 Å². The number of methoxy groups -OCH3 is 1. The molecule has 0 aliphatic rings. The van der Waals surface area contributed by atoms with Crippen LogP contribution in [0.3, 0.4) is 0 Å². The van der Waals surface area contributed by atoms with Gasteiger partial charge in [-0.2, -0.15) is 0 Å². The van der Waals surface area contributed by atoms with Crippen LogP contribution in [-0.2, 0) is 14.2 Å². The van der Waals surface area contributed by atoms with Crippen molar-refractivity contribution in [2.24, 2.45) is 0 Å². The molecule has 0 radical (unpaired) electrons. The maximum Gasteiger partial charge on any atom is 0.213 e. The summed E-state index contributed by atoms with van der Waals surface area (Å²) < 4.78 is 13.2. The van der Waals surface area contributed by atoms with Crippen molar-refractivity contribution >= 4 is 34.8 Å². The lowest BCUT2D eigenvalue weighted by Gasteiger charge is -2.10. The van der Waals surface area contributed by atoms with Crippen molar-refractivity contribution < 1.29 is 14.2 Å². The largest absolute Gasteiger partial charge is 0.382 e. The van der Waals surface area contributed by atoms with E-state index in [1.54, 1.807) is 7.11 Å². The zero-order valence-electron chi connectivity index (χ0n) is 6.69. The summed E-state index contributed by atoms with van der Waals surface area (Å²) in [5, 5.41) is 0. The normalized spacial score (nSPS) is 12.0. The van der Waals surface area contributed by atoms with Gasteiger partial charge < -0.3 is 14.2 Å². The van der Waals surface area contributed by atoms with E-state index in [9.17, 15) is 0 Å². The van der Waals surface area contributed by atoms with Crippen LogP contribution in [0, 0.1) is 0 Å². The third-order valence-corrected chi connectivity index (χ3v) is 1.19. The van der Waals surface area contributed by atoms with Crippen LogP contribution in [0.1, 0.15) is 0 Å². The molecule has 0 aromatic carbocycles. The molecule has 0 heterocycles. The lowest BCUT2D eigenvalue weighted by Crippen LogP contribution is -2.15. The summed E-state index contributed by atoms with van der Waals surface area (Å²) in [6.45, 7) is 1.12. The highest BCUT2D eigenvalue weighted by atomic mass is 35.6. The molecule has 0 spiro atoms. The summed E-state index contributed by atoms with van der Waals surface area (Å²) in [4.78, 5) is 0. The first-order valence-electron chi connectivity index (χ1n) is 3.27. The van der Waals surface area contributed by atoms with Gasteiger partial charge in [0.1, 0.15) is 6.79 Å². The summed E-state index contributed by atoms with van der Waals surface area (Å²) in [7, 11) is 1.59. The van der Waals surface area contributed by atoms with Crippen LogP contribution in [0.15, 0.2) is 0 Å². The Morgan fingerprint density at radius 3 is 2.25 bits per heavy atom. The number of hydrogen-bond acceptors (Lipinski definition) is 3. The number of rotatable bonds is 6. The van der Waals surface area contributed by atoms with Crippen molar-refractivity contribution in [3.8, 4) is 0 Å². The molecule has 0 saturated heterocycles. The van der Waals surface area contributed by atoms with Crippen molar-refractivity contribution in [2.45, 2.75) is 3.79 Å². The van der Waals surface area contributed by atoms with Crippen LogP contribution < -0.4 is 0 Å². The van der Waals surface area contributed by atoms with E-state index in [1.807, 2.05) is 0 Å². The first-order chi connectivity index (χ1) is 5.56. The Labute approximate surface area is 86.8 Å². The van der Waals surface area contributed by atoms with Crippen LogP contribution in [0.5, 0.6) is 0 Å². The summed E-state index contributed by atoms with van der Waals surface area (Å²) in [5.74, 6) is 0. The van der Waals surface area contributed by atoms with Crippen molar-refractivity contribution in [3.63, 3.8) is 0 Å². The second kappa shape index (κ2) is 7.18. The molecule has 0 aliphatic heterocycles. The maximum atomic E-state index is 5.40. The van der Waals surface area contributed by atoms with Gasteiger partial charge in [0.05, 0.1) is 19.8 Å². The second-order valence-electron chi connectivity index (χ2n) is 1.98. The SMILES string of the molecule is COCCOCOCC(Cl)(Cl)Cl. The topological polar surface area (TPSA) is 27.7 Å². The van der Waals surface area contributed by atoms with Crippen LogP contribution in [0.4, 0.5) is 0 Å². The summed E-state index contributed by atoms with van der Waals surface area (Å²) in [6.07, 6.45) is 0. The van der Waals surface area contributed by atoms with Crippen molar-refractivity contribution in [3.05, 3.63) is 0 Å². The predicted octanol–water partition coefficient (Wildman–Crippen LogP) is 1.99. The van der Waals surface area contributed by atoms with Gasteiger partial charge in [0, 0.05) is 7.11 Å². The first-order valence-corrected chi connectivity index (χ1v) is 4.41. The fourth-order valence-electron chi connectivity index (χ4n) is 0.418. The minimum Gasteiger partial charge on any atom is -0.382 e. The van der Waals surface area contributed by atoms with E-state index in [2.05, 4.69) is 0 Å². The predicted molar refractivity (Wildman–Crippen MR) is 48.9 cm³/mol. The molecule has 0 rings (SSSR count). The minimum absolute atomic E-state index is 0.0185. The van der Waals surface area contributed by atoms with Crippen molar-refractivity contribution in [2.75, 3.05) is 33.7 Å². The number of alkyl halides is 3. The Morgan fingerprint density at radius 2 is 1.75 bits per heavy atom. The molecule has 0 amide bonds. The molecule has 0 aromatic rings. The highest BCUT2D eigenvalue weighted by Gasteiger charge is 2.19. The van der Waals surface area contributed by atoms with Crippen LogP contribution >= 0.6 is 34.8 Å². The Bertz CT molecular complexity index is 105. The van der Waals surface area contributed by atoms with Crippen molar-refractivity contribution in [1.82, 2.24) is 0 Å². The van der Waals surface area contributed by atoms with Gasteiger partial charge in [-0.25, -0.2) is 0 Å². The third-order valence-electron chi connectivity index (χ3n) is 0.864. The Morgan fingerprint density at radius 1 is 1.08 bits per heavy atom. The summed E-state index contributed by atoms with van der Waals surface area (Å²) in [6, 6.07) is 0. The van der Waals surface area contributed by atoms with Gasteiger partial charge in [0.2, 0.25) is 3.79 Å². The zero-order valence-corrected chi connectivity index (χ0v) is 8.95. The van der Waals surface area contributed by atoms with E-state index in [4.69, 9.17) is 49.0 Å². The van der Waals surface area contributed by atoms with Gasteiger partial charge in [-0.15, -0.1) is 0 Å². The standard InChI is InChI=1S/C6H11Cl3O3/c1-10-2-3-11-5-12-4-6(7,8)9/h2-5H2,1H3. The smallest absolute Gasteiger partial charge is 0.213 e. The van der Waals surface area contributed by atoms with Gasteiger partial charge in [-0.05, 0) is 0 Å². The molecule has 74 valence electrons. The molecular formula is C6H11Cl3O3. The van der Waals surface area contributed by atoms with Crippen LogP contribution in [0.25, 0.3) is 0 Å². The quantitative estimate of drug-likeness (QED) is 0.402. The number of halogens is 3. The highest BCUT2D eigenvalue weighted by Crippen LogP contribution is 2.25. The van der Waals surface area contributed by atoms with E-state index in [0.29, 0.717) is 13.2 Å². The zero-order chi connectivity index (χ0) is 9.45. The Kier molecular flexibility index (Phi) is 7.63. The van der Waals surface area contributed by atoms with E-state index < -0.39 is 3.79 Å². The van der Waals surface area contributed by atoms with E-state index >= 15 is 0 Å². The van der Waals surface area contributed by atoms with E-state index in [-0.39, 0.29) is 13.4 Å². The average Bonchev–Trinajstić information content (AvgIpc) is 1.94. The maximum absolute atomic E-state index is 5.40. The second-order valence-corrected chi connectivity index (χ2v) is 4.50. The molecule has 0 unspecified atom stereocenters. The molecule has 0 saturated carbocycles. The fourth-order valence-corrected chi connectivity index (χ4v) is 0.649. The molecule has 0 aromatic heterocycles. The van der Waals surface area contributed by atoms with Gasteiger partial charge in [-0.1, -0.05) is 34.8 Å². The van der Waals surface area contributed by atoms with Crippen molar-refractivity contribution in [1.29, 1.82) is 0 Å². The molecule has 6 heteroatoms. The van der Waals surface area contributed by atoms with Crippen LogP contribution in [0.2, 0.25) is 0 Å². The third kappa shape index (κ3) is 10.8. The molecule has 12 heavy (non-hydrogen) atoms. The monoisotopic (exact) mass is 236 g/mol. The number of hydrogen-bond donors (Lipinski definition) is 0. The van der Waals surface area contributed by atoms with Gasteiger partial charge in [-0.3, -0.25) is 0 Å². The van der Waals surface area contributed by atoms with E-state index in [0.717, 1.165) is 0 Å². The van der Waals surface area contributed by atoms with Gasteiger partial charge in [0.15, 0.2) is 0 Å². The molecule has 0 aliphatic carbocycles. The molecule has 0 bridgehead atoms. The van der Waals surface area contributed by atoms with Gasteiger partial charge >= 0.3 is 0 Å².